The van der Waals surface area contributed by atoms with Crippen LogP contribution in [0.3, 0.4) is 0 Å². The molecular weight excluding hydrogens is 400 g/mol. The summed E-state index contributed by atoms with van der Waals surface area (Å²) in [6.07, 6.45) is 8.33. The summed E-state index contributed by atoms with van der Waals surface area (Å²) in [5.41, 5.74) is 2.90. The van der Waals surface area contributed by atoms with Crippen molar-refractivity contribution >= 4 is 16.7 Å². The van der Waals surface area contributed by atoms with Crippen LogP contribution in [-0.4, -0.2) is 51.9 Å². The minimum atomic E-state index is 0.0549. The fourth-order valence-corrected chi connectivity index (χ4v) is 4.45. The zero-order valence-electron chi connectivity index (χ0n) is 17.9. The minimum Gasteiger partial charge on any atom is -0.379 e. The molecule has 0 unspecified atom stereocenters. The Hall–Kier alpha value is -3.51. The molecular formula is C26H26N4O2. The number of aromatic nitrogens is 3. The SMILES string of the molecule is O=C(c1ccccc1Cn1cccn1)N1CCOC[C@H](Cc2cncc3ccccc23)C1. The highest BCUT2D eigenvalue weighted by Crippen LogP contribution is 2.23. The van der Waals surface area contributed by atoms with Crippen LogP contribution < -0.4 is 0 Å². The second-order valence-corrected chi connectivity index (χ2v) is 8.28. The Morgan fingerprint density at radius 1 is 1.03 bits per heavy atom. The molecule has 6 heteroatoms. The zero-order chi connectivity index (χ0) is 21.8. The van der Waals surface area contributed by atoms with Crippen LogP contribution in [0.5, 0.6) is 0 Å². The van der Waals surface area contributed by atoms with Gasteiger partial charge in [0.1, 0.15) is 0 Å². The Kier molecular flexibility index (Phi) is 5.94. The number of amides is 1. The lowest BCUT2D eigenvalue weighted by Crippen LogP contribution is -2.37. The quantitative estimate of drug-likeness (QED) is 0.487. The van der Waals surface area contributed by atoms with Crippen molar-refractivity contribution in [2.75, 3.05) is 26.3 Å². The van der Waals surface area contributed by atoms with Crippen LogP contribution in [-0.2, 0) is 17.7 Å². The molecule has 5 rings (SSSR count). The number of ether oxygens (including phenoxy) is 1. The first-order chi connectivity index (χ1) is 15.8. The summed E-state index contributed by atoms with van der Waals surface area (Å²) in [5.74, 6) is 0.270. The summed E-state index contributed by atoms with van der Waals surface area (Å²) in [4.78, 5) is 19.9. The van der Waals surface area contributed by atoms with Crippen LogP contribution in [0.15, 0.2) is 79.4 Å². The fraction of sp³-hybridized carbons (Fsp3) is 0.269. The number of carbonyl (C=O) groups is 1. The van der Waals surface area contributed by atoms with E-state index >= 15 is 0 Å². The Bertz CT molecular complexity index is 1200. The molecule has 0 spiro atoms. The summed E-state index contributed by atoms with van der Waals surface area (Å²) in [6, 6.07) is 18.0. The molecule has 1 aliphatic heterocycles. The van der Waals surface area contributed by atoms with Crippen LogP contribution in [0.1, 0.15) is 21.5 Å². The van der Waals surface area contributed by atoms with E-state index in [0.29, 0.717) is 32.8 Å². The standard InChI is InChI=1S/C26H26N4O2/c31-26(25-9-4-2-7-22(25)18-30-11-5-10-28-30)29-12-13-32-19-20(17-29)14-23-16-27-15-21-6-1-3-8-24(21)23/h1-11,15-16,20H,12-14,17-19H2/t20-/m1/s1. The van der Waals surface area contributed by atoms with Crippen molar-refractivity contribution in [1.82, 2.24) is 19.7 Å². The van der Waals surface area contributed by atoms with Gasteiger partial charge >= 0.3 is 0 Å². The molecule has 3 heterocycles. The second-order valence-electron chi connectivity index (χ2n) is 8.28. The van der Waals surface area contributed by atoms with Gasteiger partial charge in [-0.3, -0.25) is 14.5 Å². The maximum atomic E-state index is 13.5. The van der Waals surface area contributed by atoms with E-state index in [1.165, 1.54) is 10.9 Å². The lowest BCUT2D eigenvalue weighted by molar-refractivity contribution is 0.0736. The summed E-state index contributed by atoms with van der Waals surface area (Å²) >= 11 is 0. The third-order valence-electron chi connectivity index (χ3n) is 6.02. The van der Waals surface area contributed by atoms with Gasteiger partial charge in [0.15, 0.2) is 0 Å². The smallest absolute Gasteiger partial charge is 0.254 e. The molecule has 0 radical (unpaired) electrons. The van der Waals surface area contributed by atoms with Gasteiger partial charge in [0.05, 0.1) is 19.8 Å². The Balaban J connectivity index is 1.36. The average Bonchev–Trinajstić information content (AvgIpc) is 3.23. The first kappa shape index (κ1) is 20.4. The first-order valence-corrected chi connectivity index (χ1v) is 11.0. The lowest BCUT2D eigenvalue weighted by atomic mass is 9.96. The van der Waals surface area contributed by atoms with Crippen molar-refractivity contribution in [3.63, 3.8) is 0 Å². The predicted octanol–water partition coefficient (Wildman–Crippen LogP) is 3.81. The minimum absolute atomic E-state index is 0.0549. The van der Waals surface area contributed by atoms with Gasteiger partial charge in [-0.15, -0.1) is 0 Å². The van der Waals surface area contributed by atoms with E-state index in [2.05, 4.69) is 28.3 Å². The molecule has 0 saturated carbocycles. The number of carbonyl (C=O) groups excluding carboxylic acids is 1. The second kappa shape index (κ2) is 9.32. The highest BCUT2D eigenvalue weighted by atomic mass is 16.5. The number of fused-ring (bicyclic) bond motifs is 1. The maximum Gasteiger partial charge on any atom is 0.254 e. The number of nitrogens with zero attached hydrogens (tertiary/aromatic N) is 4. The molecule has 2 aromatic heterocycles. The molecule has 2 aromatic carbocycles. The Morgan fingerprint density at radius 3 is 2.81 bits per heavy atom. The van der Waals surface area contributed by atoms with Crippen molar-refractivity contribution in [2.45, 2.75) is 13.0 Å². The number of hydrogen-bond acceptors (Lipinski definition) is 4. The predicted molar refractivity (Wildman–Crippen MR) is 123 cm³/mol. The van der Waals surface area contributed by atoms with Crippen molar-refractivity contribution in [3.05, 3.63) is 96.1 Å². The average molecular weight is 427 g/mol. The van der Waals surface area contributed by atoms with Gasteiger partial charge < -0.3 is 9.64 Å². The third kappa shape index (κ3) is 4.41. The third-order valence-corrected chi connectivity index (χ3v) is 6.02. The fourth-order valence-electron chi connectivity index (χ4n) is 4.45. The molecule has 4 aromatic rings. The maximum absolute atomic E-state index is 13.5. The van der Waals surface area contributed by atoms with Crippen molar-refractivity contribution < 1.29 is 9.53 Å². The topological polar surface area (TPSA) is 60.2 Å². The van der Waals surface area contributed by atoms with Gasteiger partial charge in [-0.2, -0.15) is 5.10 Å². The molecule has 1 atom stereocenters. The molecule has 162 valence electrons. The van der Waals surface area contributed by atoms with Gasteiger partial charge in [-0.25, -0.2) is 0 Å². The molecule has 0 N–H and O–H groups in total. The highest BCUT2D eigenvalue weighted by molar-refractivity contribution is 5.95. The molecule has 1 aliphatic rings. The van der Waals surface area contributed by atoms with E-state index in [1.807, 2.05) is 64.6 Å². The van der Waals surface area contributed by atoms with E-state index in [0.717, 1.165) is 22.9 Å². The van der Waals surface area contributed by atoms with E-state index in [-0.39, 0.29) is 11.8 Å². The van der Waals surface area contributed by atoms with Crippen molar-refractivity contribution in [2.24, 2.45) is 5.92 Å². The monoisotopic (exact) mass is 426 g/mol. The van der Waals surface area contributed by atoms with Gasteiger partial charge in [0.2, 0.25) is 0 Å². The Morgan fingerprint density at radius 2 is 1.91 bits per heavy atom. The van der Waals surface area contributed by atoms with Gasteiger partial charge in [-0.05, 0) is 35.1 Å². The van der Waals surface area contributed by atoms with Crippen LogP contribution in [0.4, 0.5) is 0 Å². The van der Waals surface area contributed by atoms with Crippen LogP contribution in [0.25, 0.3) is 10.8 Å². The number of pyridine rings is 1. The Labute approximate surface area is 187 Å². The number of rotatable bonds is 5. The molecule has 1 saturated heterocycles. The molecule has 1 amide bonds. The molecule has 0 aliphatic carbocycles. The van der Waals surface area contributed by atoms with Crippen molar-refractivity contribution in [1.29, 1.82) is 0 Å². The van der Waals surface area contributed by atoms with Gasteiger partial charge in [-0.1, -0.05) is 42.5 Å². The van der Waals surface area contributed by atoms with E-state index < -0.39 is 0 Å². The number of benzene rings is 2. The molecule has 32 heavy (non-hydrogen) atoms. The summed E-state index contributed by atoms with van der Waals surface area (Å²) < 4.78 is 7.74. The zero-order valence-corrected chi connectivity index (χ0v) is 17.9. The number of hydrogen-bond donors (Lipinski definition) is 0. The molecule has 0 bridgehead atoms. The van der Waals surface area contributed by atoms with Gasteiger partial charge in [0.25, 0.3) is 5.91 Å². The van der Waals surface area contributed by atoms with E-state index in [9.17, 15) is 4.79 Å². The van der Waals surface area contributed by atoms with Crippen LogP contribution >= 0.6 is 0 Å². The van der Waals surface area contributed by atoms with Gasteiger partial charge in [0, 0.05) is 54.7 Å². The normalized spacial score (nSPS) is 16.8. The van der Waals surface area contributed by atoms with E-state index in [1.54, 1.807) is 6.20 Å². The van der Waals surface area contributed by atoms with Crippen molar-refractivity contribution in [3.8, 4) is 0 Å². The van der Waals surface area contributed by atoms with Crippen LogP contribution in [0.2, 0.25) is 0 Å². The summed E-state index contributed by atoms with van der Waals surface area (Å²) in [7, 11) is 0. The molecule has 1 fully saturated rings. The van der Waals surface area contributed by atoms with E-state index in [4.69, 9.17) is 4.74 Å². The largest absolute Gasteiger partial charge is 0.379 e. The summed E-state index contributed by atoms with van der Waals surface area (Å²) in [5, 5.41) is 6.64. The summed E-state index contributed by atoms with van der Waals surface area (Å²) in [6.45, 7) is 3.03. The highest BCUT2D eigenvalue weighted by Gasteiger charge is 2.25. The molecule has 6 nitrogen and oxygen atoms in total. The first-order valence-electron chi connectivity index (χ1n) is 11.0. The van der Waals surface area contributed by atoms with Crippen LogP contribution in [0, 0.1) is 5.92 Å². The lowest BCUT2D eigenvalue weighted by Gasteiger charge is -2.25.